The van der Waals surface area contributed by atoms with E-state index in [0.29, 0.717) is 22.8 Å². The molecule has 1 atom stereocenters. The molecule has 2 N–H and O–H groups in total. The molecule has 8 heteroatoms. The summed E-state index contributed by atoms with van der Waals surface area (Å²) in [5, 5.41) is 5.64. The predicted molar refractivity (Wildman–Crippen MR) is 116 cm³/mol. The number of benzene rings is 2. The van der Waals surface area contributed by atoms with Crippen LogP contribution in [0.2, 0.25) is 0 Å². The van der Waals surface area contributed by atoms with E-state index in [1.165, 1.54) is 7.11 Å². The van der Waals surface area contributed by atoms with Crippen LogP contribution in [0.5, 0.6) is 5.75 Å². The number of para-hydroxylation sites is 4. The molecule has 0 aromatic heterocycles. The molecule has 0 unspecified atom stereocenters. The van der Waals surface area contributed by atoms with Crippen molar-refractivity contribution in [3.8, 4) is 5.75 Å². The van der Waals surface area contributed by atoms with Crippen molar-refractivity contribution in [2.75, 3.05) is 42.8 Å². The number of likely N-dealkylation sites (N-methyl/N-ethyl adjacent to an activating group) is 1. The van der Waals surface area contributed by atoms with Crippen molar-refractivity contribution in [2.24, 2.45) is 0 Å². The Kier molecular flexibility index (Phi) is 6.68. The summed E-state index contributed by atoms with van der Waals surface area (Å²) >= 11 is 0. The summed E-state index contributed by atoms with van der Waals surface area (Å²) in [6.45, 7) is 1.91. The first kappa shape index (κ1) is 21.3. The first-order chi connectivity index (χ1) is 14.4. The number of fused-ring (bicyclic) bond motifs is 1. The van der Waals surface area contributed by atoms with E-state index in [9.17, 15) is 14.4 Å². The van der Waals surface area contributed by atoms with Crippen LogP contribution >= 0.6 is 0 Å². The van der Waals surface area contributed by atoms with E-state index in [1.54, 1.807) is 41.1 Å². The number of nitrogens with zero attached hydrogens (tertiary/aromatic N) is 2. The fourth-order valence-electron chi connectivity index (χ4n) is 3.51. The van der Waals surface area contributed by atoms with Gasteiger partial charge in [0.05, 0.1) is 37.3 Å². The molecule has 2 aromatic carbocycles. The molecular formula is C22H26N4O4. The van der Waals surface area contributed by atoms with Crippen LogP contribution in [-0.4, -0.2) is 55.9 Å². The van der Waals surface area contributed by atoms with E-state index in [4.69, 9.17) is 4.74 Å². The van der Waals surface area contributed by atoms with Crippen molar-refractivity contribution in [3.63, 3.8) is 0 Å². The molecule has 158 valence electrons. The zero-order valence-corrected chi connectivity index (χ0v) is 17.3. The highest BCUT2D eigenvalue weighted by molar-refractivity contribution is 6.05. The molecule has 1 aliphatic rings. The van der Waals surface area contributed by atoms with Gasteiger partial charge in [-0.3, -0.25) is 19.3 Å². The van der Waals surface area contributed by atoms with Crippen molar-refractivity contribution in [1.82, 2.24) is 4.90 Å². The van der Waals surface area contributed by atoms with Crippen LogP contribution in [0.15, 0.2) is 48.5 Å². The largest absolute Gasteiger partial charge is 0.495 e. The summed E-state index contributed by atoms with van der Waals surface area (Å²) in [7, 11) is 3.24. The van der Waals surface area contributed by atoms with Crippen molar-refractivity contribution < 1.29 is 19.1 Å². The van der Waals surface area contributed by atoms with Gasteiger partial charge in [-0.2, -0.15) is 0 Å². The number of amides is 3. The highest BCUT2D eigenvalue weighted by Gasteiger charge is 2.30. The lowest BCUT2D eigenvalue weighted by Gasteiger charge is -2.29. The minimum absolute atomic E-state index is 0.0326. The summed E-state index contributed by atoms with van der Waals surface area (Å²) in [6.07, 6.45) is 0.207. The number of anilines is 3. The van der Waals surface area contributed by atoms with Gasteiger partial charge in [0.25, 0.3) is 0 Å². The first-order valence-electron chi connectivity index (χ1n) is 9.71. The lowest BCUT2D eigenvalue weighted by molar-refractivity contribution is -0.121. The van der Waals surface area contributed by atoms with Gasteiger partial charge in [-0.1, -0.05) is 24.3 Å². The molecule has 0 spiro atoms. The van der Waals surface area contributed by atoms with E-state index in [2.05, 4.69) is 10.6 Å². The number of carbonyl (C=O) groups excluding carboxylic acids is 3. The van der Waals surface area contributed by atoms with Gasteiger partial charge in [-0.15, -0.1) is 0 Å². The van der Waals surface area contributed by atoms with Crippen LogP contribution in [0.3, 0.4) is 0 Å². The second kappa shape index (κ2) is 9.41. The number of hydrogen-bond donors (Lipinski definition) is 2. The molecule has 8 nitrogen and oxygen atoms in total. The Balaban J connectivity index is 1.66. The lowest BCUT2D eigenvalue weighted by atomic mass is 10.1. The summed E-state index contributed by atoms with van der Waals surface area (Å²) in [5.74, 6) is 0.00142. The van der Waals surface area contributed by atoms with E-state index in [-0.39, 0.29) is 43.3 Å². The average Bonchev–Trinajstić information content (AvgIpc) is 2.82. The summed E-state index contributed by atoms with van der Waals surface area (Å²) in [5.41, 5.74) is 1.84. The van der Waals surface area contributed by atoms with E-state index < -0.39 is 0 Å². The Hall–Kier alpha value is -3.39. The molecule has 0 saturated heterocycles. The molecule has 0 fully saturated rings. The molecule has 3 amide bonds. The maximum atomic E-state index is 13.1. The summed E-state index contributed by atoms with van der Waals surface area (Å²) < 4.78 is 5.24. The minimum Gasteiger partial charge on any atom is -0.495 e. The Morgan fingerprint density at radius 2 is 1.87 bits per heavy atom. The zero-order valence-electron chi connectivity index (χ0n) is 17.3. The maximum Gasteiger partial charge on any atom is 0.241 e. The van der Waals surface area contributed by atoms with Crippen LogP contribution in [0.25, 0.3) is 0 Å². The Morgan fingerprint density at radius 1 is 1.17 bits per heavy atom. The van der Waals surface area contributed by atoms with Gasteiger partial charge in [0.1, 0.15) is 5.75 Å². The Morgan fingerprint density at radius 3 is 2.63 bits per heavy atom. The second-order valence-corrected chi connectivity index (χ2v) is 7.30. The van der Waals surface area contributed by atoms with Crippen molar-refractivity contribution >= 4 is 34.8 Å². The molecule has 1 heterocycles. The number of carbonyl (C=O) groups is 3. The highest BCUT2D eigenvalue weighted by Crippen LogP contribution is 2.31. The molecule has 0 bridgehead atoms. The van der Waals surface area contributed by atoms with Crippen molar-refractivity contribution in [2.45, 2.75) is 19.4 Å². The fraction of sp³-hybridized carbons (Fsp3) is 0.318. The van der Waals surface area contributed by atoms with Crippen LogP contribution in [0.1, 0.15) is 13.3 Å². The number of nitrogens with one attached hydrogen (secondary N) is 2. The monoisotopic (exact) mass is 410 g/mol. The number of hydrogen-bond acceptors (Lipinski definition) is 5. The van der Waals surface area contributed by atoms with Gasteiger partial charge in [0.15, 0.2) is 0 Å². The van der Waals surface area contributed by atoms with Gasteiger partial charge in [-0.05, 0) is 38.2 Å². The summed E-state index contributed by atoms with van der Waals surface area (Å²) in [4.78, 5) is 40.9. The molecule has 0 radical (unpaired) electrons. The van der Waals surface area contributed by atoms with E-state index in [1.807, 2.05) is 31.2 Å². The van der Waals surface area contributed by atoms with Crippen LogP contribution in [-0.2, 0) is 14.4 Å². The quantitative estimate of drug-likeness (QED) is 0.763. The van der Waals surface area contributed by atoms with Crippen LogP contribution in [0, 0.1) is 0 Å². The molecular weight excluding hydrogens is 384 g/mol. The van der Waals surface area contributed by atoms with Gasteiger partial charge in [-0.25, -0.2) is 0 Å². The fourth-order valence-corrected chi connectivity index (χ4v) is 3.51. The molecule has 30 heavy (non-hydrogen) atoms. The predicted octanol–water partition coefficient (Wildman–Crippen LogP) is 2.33. The maximum absolute atomic E-state index is 13.1. The Labute approximate surface area is 175 Å². The van der Waals surface area contributed by atoms with Crippen molar-refractivity contribution in [1.29, 1.82) is 0 Å². The SMILES string of the molecule is COc1ccccc1NC(=O)CN(C)CC(=O)N1c2ccccc2NC(=O)C[C@H]1C. The first-order valence-corrected chi connectivity index (χ1v) is 9.71. The average molecular weight is 410 g/mol. The third-order valence-corrected chi connectivity index (χ3v) is 4.83. The van der Waals surface area contributed by atoms with Gasteiger partial charge >= 0.3 is 0 Å². The molecule has 0 aliphatic carbocycles. The Bertz CT molecular complexity index is 946. The van der Waals surface area contributed by atoms with Gasteiger partial charge in [0, 0.05) is 12.5 Å². The molecule has 0 saturated carbocycles. The number of methoxy groups -OCH3 is 1. The standard InChI is InChI=1S/C22H26N4O4/c1-15-12-20(27)23-16-8-4-6-10-18(16)26(15)22(29)14-25(2)13-21(28)24-17-9-5-7-11-19(17)30-3/h4-11,15H,12-14H2,1-3H3,(H,23,27)(H,24,28)/t15-/m1/s1. The highest BCUT2D eigenvalue weighted by atomic mass is 16.5. The molecule has 1 aliphatic heterocycles. The van der Waals surface area contributed by atoms with Crippen LogP contribution in [0.4, 0.5) is 17.1 Å². The van der Waals surface area contributed by atoms with Gasteiger partial charge < -0.3 is 20.3 Å². The van der Waals surface area contributed by atoms with E-state index >= 15 is 0 Å². The zero-order chi connectivity index (χ0) is 21.7. The smallest absolute Gasteiger partial charge is 0.241 e. The lowest BCUT2D eigenvalue weighted by Crippen LogP contribution is -2.45. The van der Waals surface area contributed by atoms with Gasteiger partial charge in [0.2, 0.25) is 17.7 Å². The third-order valence-electron chi connectivity index (χ3n) is 4.83. The molecule has 2 aromatic rings. The topological polar surface area (TPSA) is 91.0 Å². The third kappa shape index (κ3) is 4.96. The summed E-state index contributed by atoms with van der Waals surface area (Å²) in [6, 6.07) is 14.1. The number of rotatable bonds is 6. The molecule has 3 rings (SSSR count). The number of ether oxygens (including phenoxy) is 1. The van der Waals surface area contributed by atoms with Crippen molar-refractivity contribution in [3.05, 3.63) is 48.5 Å². The normalized spacial score (nSPS) is 15.8. The second-order valence-electron chi connectivity index (χ2n) is 7.30. The van der Waals surface area contributed by atoms with E-state index in [0.717, 1.165) is 0 Å². The minimum atomic E-state index is -0.294. The van der Waals surface area contributed by atoms with Crippen LogP contribution < -0.4 is 20.3 Å².